The fourth-order valence-corrected chi connectivity index (χ4v) is 3.91. The topological polar surface area (TPSA) is 103 Å². The Morgan fingerprint density at radius 1 is 1.03 bits per heavy atom. The maximum absolute atomic E-state index is 13.6. The highest BCUT2D eigenvalue weighted by Gasteiger charge is 2.50. The summed E-state index contributed by atoms with van der Waals surface area (Å²) in [6, 6.07) is 1.71. The first-order valence-electron chi connectivity index (χ1n) is 9.48. The highest BCUT2D eigenvalue weighted by molar-refractivity contribution is 5.67. The quantitative estimate of drug-likeness (QED) is 0.802. The van der Waals surface area contributed by atoms with Crippen LogP contribution in [0.5, 0.6) is 0 Å². The minimum atomic E-state index is -2.79. The van der Waals surface area contributed by atoms with Gasteiger partial charge in [-0.2, -0.15) is 4.98 Å². The molecule has 0 amide bonds. The monoisotopic (exact) mass is 405 g/mol. The van der Waals surface area contributed by atoms with Crippen LogP contribution in [0, 0.1) is 5.41 Å². The number of anilines is 3. The Hall–Kier alpha value is -2.66. The van der Waals surface area contributed by atoms with E-state index in [4.69, 9.17) is 20.2 Å². The predicted octanol–water partition coefficient (Wildman–Crippen LogP) is 1.13. The number of ether oxygens (including phenoxy) is 2. The Labute approximate surface area is 165 Å². The van der Waals surface area contributed by atoms with Crippen molar-refractivity contribution in [1.82, 2.24) is 19.9 Å². The molecule has 0 atom stereocenters. The van der Waals surface area contributed by atoms with Crippen LogP contribution in [0.3, 0.4) is 0 Å². The van der Waals surface area contributed by atoms with Crippen molar-refractivity contribution in [1.29, 1.82) is 0 Å². The molecule has 5 rings (SSSR count). The molecule has 0 saturated carbocycles. The van der Waals surface area contributed by atoms with Gasteiger partial charge in [-0.05, 0) is 0 Å². The molecule has 1 spiro atoms. The molecule has 9 nitrogen and oxygen atoms in total. The van der Waals surface area contributed by atoms with E-state index in [9.17, 15) is 8.78 Å². The Kier molecular flexibility index (Phi) is 4.43. The molecule has 0 aliphatic carbocycles. The lowest BCUT2D eigenvalue weighted by atomic mass is 9.78. The van der Waals surface area contributed by atoms with Crippen LogP contribution in [0.4, 0.5) is 26.5 Å². The molecule has 0 unspecified atom stereocenters. The number of rotatable bonds is 4. The zero-order chi connectivity index (χ0) is 20.0. The van der Waals surface area contributed by atoms with Crippen molar-refractivity contribution >= 4 is 17.7 Å². The number of morpholine rings is 1. The second-order valence-corrected chi connectivity index (χ2v) is 7.69. The van der Waals surface area contributed by atoms with E-state index in [-0.39, 0.29) is 16.9 Å². The van der Waals surface area contributed by atoms with Gasteiger partial charge in [0.2, 0.25) is 11.9 Å². The SMILES string of the molecule is Nc1ncc(-c2cc(N3CCOCC3)nc(N3CC4(COC4)C3)n2)c(C(F)F)n1. The third-order valence-corrected chi connectivity index (χ3v) is 5.51. The summed E-state index contributed by atoms with van der Waals surface area (Å²) in [6.07, 6.45) is -1.49. The molecule has 2 aromatic heterocycles. The van der Waals surface area contributed by atoms with E-state index >= 15 is 0 Å². The van der Waals surface area contributed by atoms with Crippen molar-refractivity contribution in [3.05, 3.63) is 18.0 Å². The molecule has 0 bridgehead atoms. The van der Waals surface area contributed by atoms with Gasteiger partial charge in [0.25, 0.3) is 6.43 Å². The summed E-state index contributed by atoms with van der Waals surface area (Å²) in [7, 11) is 0. The normalized spacial score (nSPS) is 20.7. The van der Waals surface area contributed by atoms with Crippen LogP contribution in [-0.2, 0) is 9.47 Å². The van der Waals surface area contributed by atoms with E-state index in [2.05, 4.69) is 24.8 Å². The average Bonchev–Trinajstić information content (AvgIpc) is 2.66. The molecule has 3 fully saturated rings. The number of halogens is 2. The van der Waals surface area contributed by atoms with Crippen LogP contribution >= 0.6 is 0 Å². The van der Waals surface area contributed by atoms with Crippen LogP contribution in [0.1, 0.15) is 12.1 Å². The van der Waals surface area contributed by atoms with Crippen molar-refractivity contribution in [2.24, 2.45) is 5.41 Å². The summed E-state index contributed by atoms with van der Waals surface area (Å²) < 4.78 is 37.9. The van der Waals surface area contributed by atoms with Crippen molar-refractivity contribution in [2.45, 2.75) is 6.43 Å². The number of alkyl halides is 2. The minimum Gasteiger partial charge on any atom is -0.380 e. The zero-order valence-electron chi connectivity index (χ0n) is 15.7. The van der Waals surface area contributed by atoms with E-state index in [1.54, 1.807) is 6.07 Å². The van der Waals surface area contributed by atoms with Gasteiger partial charge in [-0.25, -0.2) is 23.7 Å². The largest absolute Gasteiger partial charge is 0.380 e. The molecule has 3 aliphatic rings. The molecule has 2 aromatic rings. The van der Waals surface area contributed by atoms with E-state index in [0.29, 0.717) is 43.8 Å². The summed E-state index contributed by atoms with van der Waals surface area (Å²) in [5.41, 5.74) is 5.79. The molecule has 29 heavy (non-hydrogen) atoms. The lowest BCUT2D eigenvalue weighted by molar-refractivity contribution is -0.127. The molecule has 5 heterocycles. The lowest BCUT2D eigenvalue weighted by Gasteiger charge is -2.55. The van der Waals surface area contributed by atoms with Crippen LogP contribution in [-0.4, -0.2) is 72.5 Å². The van der Waals surface area contributed by atoms with Gasteiger partial charge < -0.3 is 25.0 Å². The number of nitrogen functional groups attached to an aromatic ring is 1. The number of nitrogens with two attached hydrogens (primary N) is 1. The number of aromatic nitrogens is 4. The summed E-state index contributed by atoms with van der Waals surface area (Å²) in [4.78, 5) is 21.1. The standard InChI is InChI=1S/C18H21F2N7O2/c19-15(20)14-11(6-22-16(21)25-14)12-5-13(26-1-3-28-4-2-26)24-17(23-12)27-7-18(8-27)9-29-10-18/h5-6,15H,1-4,7-10H2,(H2,21,22,25). The minimum absolute atomic E-state index is 0.162. The lowest BCUT2D eigenvalue weighted by Crippen LogP contribution is -2.66. The summed E-state index contributed by atoms with van der Waals surface area (Å²) in [5, 5.41) is 0. The molecular formula is C18H21F2N7O2. The fourth-order valence-electron chi connectivity index (χ4n) is 3.91. The Bertz CT molecular complexity index is 911. The molecule has 0 aromatic carbocycles. The van der Waals surface area contributed by atoms with Gasteiger partial charge in [-0.1, -0.05) is 0 Å². The predicted molar refractivity (Wildman–Crippen MR) is 101 cm³/mol. The molecule has 11 heteroatoms. The average molecular weight is 405 g/mol. The summed E-state index contributed by atoms with van der Waals surface area (Å²) in [5.74, 6) is 0.996. The van der Waals surface area contributed by atoms with Crippen molar-refractivity contribution in [2.75, 3.05) is 68.1 Å². The number of hydrogen-bond acceptors (Lipinski definition) is 9. The van der Waals surface area contributed by atoms with Crippen LogP contribution < -0.4 is 15.5 Å². The Morgan fingerprint density at radius 3 is 2.45 bits per heavy atom. The Balaban J connectivity index is 1.54. The number of nitrogens with zero attached hydrogens (tertiary/aromatic N) is 6. The first-order valence-corrected chi connectivity index (χ1v) is 9.48. The Morgan fingerprint density at radius 2 is 1.79 bits per heavy atom. The zero-order valence-corrected chi connectivity index (χ0v) is 15.7. The van der Waals surface area contributed by atoms with Gasteiger partial charge in [0.05, 0.1) is 37.5 Å². The first kappa shape index (κ1) is 18.4. The molecule has 154 valence electrons. The van der Waals surface area contributed by atoms with Gasteiger partial charge in [-0.3, -0.25) is 0 Å². The smallest absolute Gasteiger partial charge is 0.281 e. The van der Waals surface area contributed by atoms with Crippen molar-refractivity contribution in [3.63, 3.8) is 0 Å². The third-order valence-electron chi connectivity index (χ3n) is 5.51. The second-order valence-electron chi connectivity index (χ2n) is 7.69. The van der Waals surface area contributed by atoms with Gasteiger partial charge in [0.1, 0.15) is 11.5 Å². The van der Waals surface area contributed by atoms with Crippen LogP contribution in [0.2, 0.25) is 0 Å². The molecule has 3 saturated heterocycles. The molecular weight excluding hydrogens is 384 g/mol. The van der Waals surface area contributed by atoms with Crippen LogP contribution in [0.25, 0.3) is 11.3 Å². The van der Waals surface area contributed by atoms with Crippen LogP contribution in [0.15, 0.2) is 12.3 Å². The van der Waals surface area contributed by atoms with Gasteiger partial charge in [-0.15, -0.1) is 0 Å². The fraction of sp³-hybridized carbons (Fsp3) is 0.556. The highest BCUT2D eigenvalue weighted by atomic mass is 19.3. The number of hydrogen-bond donors (Lipinski definition) is 1. The maximum Gasteiger partial charge on any atom is 0.281 e. The summed E-state index contributed by atoms with van der Waals surface area (Å²) >= 11 is 0. The van der Waals surface area contributed by atoms with E-state index < -0.39 is 12.1 Å². The van der Waals surface area contributed by atoms with Gasteiger partial charge in [0.15, 0.2) is 0 Å². The molecule has 2 N–H and O–H groups in total. The van der Waals surface area contributed by atoms with Gasteiger partial charge >= 0.3 is 0 Å². The van der Waals surface area contributed by atoms with E-state index in [1.807, 2.05) is 0 Å². The molecule has 3 aliphatic heterocycles. The summed E-state index contributed by atoms with van der Waals surface area (Å²) in [6.45, 7) is 5.58. The van der Waals surface area contributed by atoms with E-state index in [1.165, 1.54) is 6.20 Å². The van der Waals surface area contributed by atoms with E-state index in [0.717, 1.165) is 26.3 Å². The van der Waals surface area contributed by atoms with Crippen molar-refractivity contribution < 1.29 is 18.3 Å². The first-order chi connectivity index (χ1) is 14.0. The second kappa shape index (κ2) is 6.99. The molecule has 0 radical (unpaired) electrons. The van der Waals surface area contributed by atoms with Crippen molar-refractivity contribution in [3.8, 4) is 11.3 Å². The highest BCUT2D eigenvalue weighted by Crippen LogP contribution is 2.40. The van der Waals surface area contributed by atoms with Gasteiger partial charge in [0, 0.05) is 44.0 Å². The maximum atomic E-state index is 13.6. The third kappa shape index (κ3) is 3.33.